The first-order chi connectivity index (χ1) is 11.5. The maximum Gasteiger partial charge on any atom is 0.327 e. The number of rotatable bonds is 7. The Morgan fingerprint density at radius 2 is 2.00 bits per heavy atom. The molecule has 1 aliphatic heterocycles. The lowest BCUT2D eigenvalue weighted by molar-refractivity contribution is -0.227. The van der Waals surface area contributed by atoms with Crippen molar-refractivity contribution in [3.63, 3.8) is 0 Å². The summed E-state index contributed by atoms with van der Waals surface area (Å²) in [5.41, 5.74) is -1.77. The fraction of sp³-hybridized carbons (Fsp3) is 0.667. The second kappa shape index (κ2) is 8.12. The number of methoxy groups -OCH3 is 1. The summed E-state index contributed by atoms with van der Waals surface area (Å²) >= 11 is 0. The molecule has 2 N–H and O–H groups in total. The third-order valence-electron chi connectivity index (χ3n) is 4.54. The molecule has 0 aromatic rings. The van der Waals surface area contributed by atoms with Crippen molar-refractivity contribution in [2.45, 2.75) is 51.4 Å². The van der Waals surface area contributed by atoms with Gasteiger partial charge < -0.3 is 19.8 Å². The number of nitrogens with zero attached hydrogens (tertiary/aromatic N) is 1. The van der Waals surface area contributed by atoms with Gasteiger partial charge in [-0.15, -0.1) is 13.2 Å². The number of allylic oxidation sites excluding steroid dienone is 1. The molecule has 4 atom stereocenters. The van der Waals surface area contributed by atoms with E-state index >= 15 is 0 Å². The predicted molar refractivity (Wildman–Crippen MR) is 92.1 cm³/mol. The molecule has 25 heavy (non-hydrogen) atoms. The first-order valence-electron chi connectivity index (χ1n) is 8.21. The number of hydroxylamine groups is 2. The molecule has 7 nitrogen and oxygen atoms in total. The van der Waals surface area contributed by atoms with Crippen LogP contribution in [0.4, 0.5) is 0 Å². The molecule has 1 heterocycles. The second-order valence-electron chi connectivity index (χ2n) is 7.33. The van der Waals surface area contributed by atoms with Crippen LogP contribution in [0.5, 0.6) is 0 Å². The minimum Gasteiger partial charge on any atom is -0.481 e. The molecular weight excluding hydrogens is 326 g/mol. The van der Waals surface area contributed by atoms with Gasteiger partial charge in [0.1, 0.15) is 11.6 Å². The van der Waals surface area contributed by atoms with Crippen LogP contribution in [0, 0.1) is 11.3 Å². The quantitative estimate of drug-likeness (QED) is 0.534. The number of piperidine rings is 1. The zero-order valence-electron chi connectivity index (χ0n) is 15.4. The Kier molecular flexibility index (Phi) is 6.93. The number of carbonyl (C=O) groups is 2. The van der Waals surface area contributed by atoms with Crippen LogP contribution in [0.1, 0.15) is 33.6 Å². The van der Waals surface area contributed by atoms with Gasteiger partial charge in [-0.25, -0.2) is 0 Å². The molecule has 1 aliphatic rings. The maximum absolute atomic E-state index is 12.7. The molecule has 0 radical (unpaired) electrons. The first kappa shape index (κ1) is 21.3. The van der Waals surface area contributed by atoms with Crippen molar-refractivity contribution in [2.24, 2.45) is 11.3 Å². The fourth-order valence-electron chi connectivity index (χ4n) is 3.60. The lowest BCUT2D eigenvalue weighted by atomic mass is 9.61. The molecule has 0 aromatic carbocycles. The lowest BCUT2D eigenvalue weighted by Crippen LogP contribution is -2.63. The molecule has 0 spiro atoms. The van der Waals surface area contributed by atoms with Crippen molar-refractivity contribution < 1.29 is 29.4 Å². The maximum atomic E-state index is 12.7. The normalized spacial score (nSPS) is 28.8. The topological polar surface area (TPSA) is 96.3 Å². The average molecular weight is 355 g/mol. The highest BCUT2D eigenvalue weighted by atomic mass is 16.6. The van der Waals surface area contributed by atoms with E-state index in [-0.39, 0.29) is 6.54 Å². The summed E-state index contributed by atoms with van der Waals surface area (Å²) in [5.74, 6) is -3.24. The summed E-state index contributed by atoms with van der Waals surface area (Å²) in [6, 6.07) is -1.34. The zero-order valence-corrected chi connectivity index (χ0v) is 15.4. The summed E-state index contributed by atoms with van der Waals surface area (Å²) < 4.78 is 10.8. The van der Waals surface area contributed by atoms with E-state index in [0.29, 0.717) is 12.8 Å². The molecule has 0 saturated carbocycles. The monoisotopic (exact) mass is 355 g/mol. The van der Waals surface area contributed by atoms with Crippen LogP contribution < -0.4 is 0 Å². The van der Waals surface area contributed by atoms with Gasteiger partial charge in [-0.2, -0.15) is 5.06 Å². The second-order valence-corrected chi connectivity index (χ2v) is 7.33. The van der Waals surface area contributed by atoms with Gasteiger partial charge >= 0.3 is 11.9 Å². The molecule has 0 bridgehead atoms. The first-order valence-corrected chi connectivity index (χ1v) is 8.21. The van der Waals surface area contributed by atoms with Crippen molar-refractivity contribution in [2.75, 3.05) is 13.7 Å². The van der Waals surface area contributed by atoms with Gasteiger partial charge in [0.2, 0.25) is 0 Å². The molecule has 7 heteroatoms. The molecule has 142 valence electrons. The molecular formula is C18H29NO6. The van der Waals surface area contributed by atoms with Gasteiger partial charge in [0.15, 0.2) is 0 Å². The Balaban J connectivity index is 3.44. The highest BCUT2D eigenvalue weighted by Crippen LogP contribution is 2.47. The van der Waals surface area contributed by atoms with Gasteiger partial charge in [0.25, 0.3) is 0 Å². The molecule has 1 fully saturated rings. The summed E-state index contributed by atoms with van der Waals surface area (Å²) in [6.45, 7) is 12.6. The van der Waals surface area contributed by atoms with E-state index in [4.69, 9.17) is 9.47 Å². The smallest absolute Gasteiger partial charge is 0.327 e. The molecule has 0 aromatic heterocycles. The SMILES string of the molecule is C=CCC1(C(C=C)OC)CCN(O)C(C(=O)OC(C)(C)C)C1C(=O)O. The van der Waals surface area contributed by atoms with Gasteiger partial charge in [-0.05, 0) is 33.6 Å². The lowest BCUT2D eigenvalue weighted by Gasteiger charge is -2.50. The number of hydrogen-bond acceptors (Lipinski definition) is 6. The Morgan fingerprint density at radius 1 is 1.40 bits per heavy atom. The van der Waals surface area contributed by atoms with Crippen molar-refractivity contribution in [1.82, 2.24) is 5.06 Å². The predicted octanol–water partition coefficient (Wildman–Crippen LogP) is 2.26. The van der Waals surface area contributed by atoms with Crippen molar-refractivity contribution >= 4 is 11.9 Å². The van der Waals surface area contributed by atoms with Gasteiger partial charge in [0.05, 0.1) is 12.0 Å². The fourth-order valence-corrected chi connectivity index (χ4v) is 3.60. The Labute approximate surface area is 148 Å². The minimum absolute atomic E-state index is 0.106. The van der Waals surface area contributed by atoms with E-state index in [9.17, 15) is 19.9 Å². The minimum atomic E-state index is -1.34. The van der Waals surface area contributed by atoms with E-state index in [2.05, 4.69) is 13.2 Å². The number of hydrogen-bond donors (Lipinski definition) is 2. The van der Waals surface area contributed by atoms with E-state index in [1.54, 1.807) is 26.8 Å². The van der Waals surface area contributed by atoms with Crippen molar-refractivity contribution in [3.05, 3.63) is 25.3 Å². The standard InChI is InChI=1S/C18H29NO6/c1-7-9-18(12(8-2)24-6)10-11-19(23)14(13(18)15(20)21)16(22)25-17(3,4)5/h7-8,12-14,23H,1-2,9-11H2,3-6H3,(H,20,21). The van der Waals surface area contributed by atoms with Crippen molar-refractivity contribution in [3.8, 4) is 0 Å². The average Bonchev–Trinajstić information content (AvgIpc) is 2.48. The number of carboxylic acids is 1. The molecule has 1 saturated heterocycles. The van der Waals surface area contributed by atoms with Gasteiger partial charge in [0, 0.05) is 19.1 Å². The zero-order chi connectivity index (χ0) is 19.4. The summed E-state index contributed by atoms with van der Waals surface area (Å²) in [5, 5.41) is 20.9. The number of esters is 1. The van der Waals surface area contributed by atoms with Crippen LogP contribution in [0.15, 0.2) is 25.3 Å². The summed E-state index contributed by atoms with van der Waals surface area (Å²) in [6.07, 6.45) is 3.10. The highest BCUT2D eigenvalue weighted by Gasteiger charge is 2.58. The van der Waals surface area contributed by atoms with Gasteiger partial charge in [-0.1, -0.05) is 12.2 Å². The van der Waals surface area contributed by atoms with Crippen molar-refractivity contribution in [1.29, 1.82) is 0 Å². The summed E-state index contributed by atoms with van der Waals surface area (Å²) in [7, 11) is 1.46. The molecule has 0 amide bonds. The van der Waals surface area contributed by atoms with Crippen LogP contribution in [-0.2, 0) is 19.1 Å². The number of carboxylic acid groups (broad SMARTS) is 1. The third-order valence-corrected chi connectivity index (χ3v) is 4.54. The van der Waals surface area contributed by atoms with Crippen LogP contribution in [0.3, 0.4) is 0 Å². The number of carbonyl (C=O) groups excluding carboxylic acids is 1. The number of ether oxygens (including phenoxy) is 2. The molecule has 4 unspecified atom stereocenters. The Hall–Kier alpha value is -1.70. The van der Waals surface area contributed by atoms with Crippen LogP contribution in [0.25, 0.3) is 0 Å². The van der Waals surface area contributed by atoms with Crippen LogP contribution >= 0.6 is 0 Å². The van der Waals surface area contributed by atoms with E-state index in [1.807, 2.05) is 0 Å². The Morgan fingerprint density at radius 3 is 2.40 bits per heavy atom. The third kappa shape index (κ3) is 4.48. The van der Waals surface area contributed by atoms with Gasteiger partial charge in [-0.3, -0.25) is 9.59 Å². The summed E-state index contributed by atoms with van der Waals surface area (Å²) in [4.78, 5) is 24.8. The number of aliphatic carboxylic acids is 1. The van der Waals surface area contributed by atoms with Crippen LogP contribution in [-0.4, -0.2) is 58.7 Å². The van der Waals surface area contributed by atoms with Crippen LogP contribution in [0.2, 0.25) is 0 Å². The highest BCUT2D eigenvalue weighted by molar-refractivity contribution is 5.85. The Bertz CT molecular complexity index is 526. The van der Waals surface area contributed by atoms with E-state index in [1.165, 1.54) is 13.2 Å². The molecule has 0 aliphatic carbocycles. The van der Waals surface area contributed by atoms with E-state index in [0.717, 1.165) is 5.06 Å². The van der Waals surface area contributed by atoms with E-state index < -0.39 is 41.0 Å². The molecule has 1 rings (SSSR count). The largest absolute Gasteiger partial charge is 0.481 e.